The first-order valence-corrected chi connectivity index (χ1v) is 8.50. The van der Waals surface area contributed by atoms with E-state index in [0.717, 1.165) is 16.8 Å². The van der Waals surface area contributed by atoms with Crippen LogP contribution in [0.15, 0.2) is 60.0 Å². The van der Waals surface area contributed by atoms with Crippen molar-refractivity contribution in [1.29, 1.82) is 0 Å². The highest BCUT2D eigenvalue weighted by atomic mass is 32.2. The first kappa shape index (κ1) is 16.3. The molecule has 0 amide bonds. The van der Waals surface area contributed by atoms with Crippen LogP contribution in [0, 0.1) is 0 Å². The Kier molecular flexibility index (Phi) is 5.35. The SMILES string of the molecule is CN(C)c1ccc(C=CS(=O)(=O)NCc2ccccc2)cc1. The lowest BCUT2D eigenvalue weighted by atomic mass is 10.2. The van der Waals surface area contributed by atoms with Crippen LogP contribution < -0.4 is 9.62 Å². The van der Waals surface area contributed by atoms with Crippen molar-refractivity contribution < 1.29 is 8.42 Å². The molecule has 0 aliphatic carbocycles. The number of hydrogen-bond acceptors (Lipinski definition) is 3. The molecule has 0 bridgehead atoms. The van der Waals surface area contributed by atoms with Crippen LogP contribution in [0.3, 0.4) is 0 Å². The Labute approximate surface area is 132 Å². The van der Waals surface area contributed by atoms with E-state index in [1.54, 1.807) is 6.08 Å². The third kappa shape index (κ3) is 5.02. The molecule has 2 rings (SSSR count). The van der Waals surface area contributed by atoms with Crippen molar-refractivity contribution in [2.24, 2.45) is 0 Å². The monoisotopic (exact) mass is 316 g/mol. The summed E-state index contributed by atoms with van der Waals surface area (Å²) >= 11 is 0. The third-order valence-corrected chi connectivity index (χ3v) is 4.21. The second-order valence-electron chi connectivity index (χ2n) is 5.14. The third-order valence-electron chi connectivity index (χ3n) is 3.17. The fourth-order valence-electron chi connectivity index (χ4n) is 1.88. The summed E-state index contributed by atoms with van der Waals surface area (Å²) < 4.78 is 26.4. The molecule has 116 valence electrons. The fourth-order valence-corrected chi connectivity index (χ4v) is 2.68. The number of nitrogens with one attached hydrogen (secondary N) is 1. The Morgan fingerprint density at radius 2 is 1.64 bits per heavy atom. The Morgan fingerprint density at radius 3 is 2.23 bits per heavy atom. The van der Waals surface area contributed by atoms with E-state index in [2.05, 4.69) is 4.72 Å². The van der Waals surface area contributed by atoms with Gasteiger partial charge in [-0.2, -0.15) is 0 Å². The Bertz CT molecular complexity index is 721. The van der Waals surface area contributed by atoms with Crippen LogP contribution in [0.1, 0.15) is 11.1 Å². The number of sulfonamides is 1. The summed E-state index contributed by atoms with van der Waals surface area (Å²) in [6.45, 7) is 0.285. The van der Waals surface area contributed by atoms with Gasteiger partial charge in [-0.25, -0.2) is 13.1 Å². The van der Waals surface area contributed by atoms with E-state index in [1.165, 1.54) is 5.41 Å². The van der Waals surface area contributed by atoms with Crippen molar-refractivity contribution in [1.82, 2.24) is 4.72 Å². The molecule has 0 heterocycles. The zero-order valence-corrected chi connectivity index (χ0v) is 13.5. The molecule has 0 fully saturated rings. The normalized spacial score (nSPS) is 11.7. The first-order chi connectivity index (χ1) is 10.5. The van der Waals surface area contributed by atoms with E-state index in [1.807, 2.05) is 73.6 Å². The van der Waals surface area contributed by atoms with E-state index < -0.39 is 10.0 Å². The maximum absolute atomic E-state index is 11.9. The van der Waals surface area contributed by atoms with Crippen LogP contribution >= 0.6 is 0 Å². The van der Waals surface area contributed by atoms with Gasteiger partial charge in [0.2, 0.25) is 10.0 Å². The summed E-state index contributed by atoms with van der Waals surface area (Å²) in [5.74, 6) is 0. The topological polar surface area (TPSA) is 49.4 Å². The lowest BCUT2D eigenvalue weighted by Crippen LogP contribution is -2.20. The molecular weight excluding hydrogens is 296 g/mol. The summed E-state index contributed by atoms with van der Waals surface area (Å²) in [6.07, 6.45) is 1.59. The van der Waals surface area contributed by atoms with Crippen LogP contribution in [0.25, 0.3) is 6.08 Å². The van der Waals surface area contributed by atoms with Gasteiger partial charge in [-0.05, 0) is 29.3 Å². The van der Waals surface area contributed by atoms with Gasteiger partial charge in [0.25, 0.3) is 0 Å². The van der Waals surface area contributed by atoms with E-state index >= 15 is 0 Å². The first-order valence-electron chi connectivity index (χ1n) is 6.95. The highest BCUT2D eigenvalue weighted by molar-refractivity contribution is 7.92. The Morgan fingerprint density at radius 1 is 1.00 bits per heavy atom. The molecule has 0 aromatic heterocycles. The lowest BCUT2D eigenvalue weighted by Gasteiger charge is -2.11. The standard InChI is InChI=1S/C17H20N2O2S/c1-19(2)17-10-8-15(9-11-17)12-13-22(20,21)18-14-16-6-4-3-5-7-16/h3-13,18H,14H2,1-2H3. The van der Waals surface area contributed by atoms with E-state index in [-0.39, 0.29) is 6.54 Å². The molecule has 0 atom stereocenters. The number of benzene rings is 2. The van der Waals surface area contributed by atoms with Crippen molar-refractivity contribution in [2.75, 3.05) is 19.0 Å². The molecular formula is C17H20N2O2S. The number of anilines is 1. The summed E-state index contributed by atoms with van der Waals surface area (Å²) in [7, 11) is 0.477. The molecule has 0 saturated heterocycles. The highest BCUT2D eigenvalue weighted by Gasteiger charge is 2.04. The molecule has 2 aromatic carbocycles. The second kappa shape index (κ2) is 7.24. The van der Waals surface area contributed by atoms with Crippen LogP contribution in [0.2, 0.25) is 0 Å². The lowest BCUT2D eigenvalue weighted by molar-refractivity contribution is 0.591. The molecule has 0 radical (unpaired) electrons. The van der Waals surface area contributed by atoms with Gasteiger partial charge in [-0.15, -0.1) is 0 Å². The fraction of sp³-hybridized carbons (Fsp3) is 0.176. The van der Waals surface area contributed by atoms with Crippen LogP contribution in [0.4, 0.5) is 5.69 Å². The molecule has 0 unspecified atom stereocenters. The minimum absolute atomic E-state index is 0.285. The number of hydrogen-bond donors (Lipinski definition) is 1. The van der Waals surface area contributed by atoms with Crippen LogP contribution in [-0.2, 0) is 16.6 Å². The quantitative estimate of drug-likeness (QED) is 0.891. The van der Waals surface area contributed by atoms with Gasteiger partial charge in [0.05, 0.1) is 0 Å². The van der Waals surface area contributed by atoms with Gasteiger partial charge < -0.3 is 4.90 Å². The van der Waals surface area contributed by atoms with Crippen molar-refractivity contribution in [3.05, 3.63) is 71.1 Å². The van der Waals surface area contributed by atoms with Gasteiger partial charge in [-0.1, -0.05) is 42.5 Å². The van der Waals surface area contributed by atoms with Crippen LogP contribution in [0.5, 0.6) is 0 Å². The summed E-state index contributed by atoms with van der Waals surface area (Å²) in [4.78, 5) is 1.99. The minimum atomic E-state index is -3.45. The molecule has 0 aliphatic rings. The van der Waals surface area contributed by atoms with Crippen molar-refractivity contribution in [3.8, 4) is 0 Å². The zero-order valence-electron chi connectivity index (χ0n) is 12.7. The molecule has 0 saturated carbocycles. The van der Waals surface area contributed by atoms with Crippen molar-refractivity contribution >= 4 is 21.8 Å². The van der Waals surface area contributed by atoms with Gasteiger partial charge >= 0.3 is 0 Å². The van der Waals surface area contributed by atoms with Gasteiger partial charge in [0.15, 0.2) is 0 Å². The predicted octanol–water partition coefficient (Wildman–Crippen LogP) is 2.84. The van der Waals surface area contributed by atoms with Crippen LogP contribution in [-0.4, -0.2) is 22.5 Å². The van der Waals surface area contributed by atoms with Crippen molar-refractivity contribution in [2.45, 2.75) is 6.54 Å². The Hall–Kier alpha value is -2.11. The second-order valence-corrected chi connectivity index (χ2v) is 6.79. The summed E-state index contributed by atoms with van der Waals surface area (Å²) in [5.41, 5.74) is 2.84. The molecule has 0 aliphatic heterocycles. The molecule has 22 heavy (non-hydrogen) atoms. The zero-order chi connectivity index (χ0) is 16.0. The minimum Gasteiger partial charge on any atom is -0.378 e. The Balaban J connectivity index is 1.98. The molecule has 4 nitrogen and oxygen atoms in total. The number of nitrogens with zero attached hydrogens (tertiary/aromatic N) is 1. The maximum Gasteiger partial charge on any atom is 0.234 e. The average molecular weight is 316 g/mol. The average Bonchev–Trinajstić information content (AvgIpc) is 2.53. The van der Waals surface area contributed by atoms with Crippen molar-refractivity contribution in [3.63, 3.8) is 0 Å². The van der Waals surface area contributed by atoms with Gasteiger partial charge in [0.1, 0.15) is 0 Å². The van der Waals surface area contributed by atoms with Gasteiger partial charge in [-0.3, -0.25) is 0 Å². The highest BCUT2D eigenvalue weighted by Crippen LogP contribution is 2.13. The molecule has 2 aromatic rings. The van der Waals surface area contributed by atoms with E-state index in [9.17, 15) is 8.42 Å². The van der Waals surface area contributed by atoms with Gasteiger partial charge in [0, 0.05) is 31.7 Å². The van der Waals surface area contributed by atoms with E-state index in [4.69, 9.17) is 0 Å². The molecule has 1 N–H and O–H groups in total. The summed E-state index contributed by atoms with van der Waals surface area (Å²) in [5, 5.41) is 1.20. The molecule has 5 heteroatoms. The predicted molar refractivity (Wildman–Crippen MR) is 92.0 cm³/mol. The summed E-state index contributed by atoms with van der Waals surface area (Å²) in [6, 6.07) is 17.1. The van der Waals surface area contributed by atoms with E-state index in [0.29, 0.717) is 0 Å². The smallest absolute Gasteiger partial charge is 0.234 e. The molecule has 0 spiro atoms. The number of rotatable bonds is 6. The largest absolute Gasteiger partial charge is 0.378 e. The maximum atomic E-state index is 11.9.